The molecule has 0 aliphatic carbocycles. The molecule has 202 valence electrons. The van der Waals surface area contributed by atoms with Crippen LogP contribution in [0.25, 0.3) is 27.8 Å². The quantitative estimate of drug-likeness (QED) is 0.157. The molecule has 39 heavy (non-hydrogen) atoms. The van der Waals surface area contributed by atoms with E-state index in [1.165, 1.54) is 29.5 Å². The Hall–Kier alpha value is -4.02. The van der Waals surface area contributed by atoms with E-state index in [-0.39, 0.29) is 21.1 Å². The fourth-order valence-electron chi connectivity index (χ4n) is 3.77. The van der Waals surface area contributed by atoms with Crippen molar-refractivity contribution in [1.82, 2.24) is 4.98 Å². The third-order valence-electron chi connectivity index (χ3n) is 5.84. The van der Waals surface area contributed by atoms with Gasteiger partial charge < -0.3 is 4.74 Å². The molecule has 0 amide bonds. The summed E-state index contributed by atoms with van der Waals surface area (Å²) >= 11 is 1.17. The largest absolute Gasteiger partial charge is 0.494 e. The van der Waals surface area contributed by atoms with Crippen LogP contribution >= 0.6 is 11.3 Å². The number of ether oxygens (including phenoxy) is 1. The first-order valence-electron chi connectivity index (χ1n) is 12.2. The van der Waals surface area contributed by atoms with Gasteiger partial charge in [-0.25, -0.2) is 13.4 Å². The number of thiazole rings is 1. The lowest BCUT2D eigenvalue weighted by molar-refractivity contribution is -0.385. The number of rotatable bonds is 10. The summed E-state index contributed by atoms with van der Waals surface area (Å²) in [6.07, 6.45) is 2.61. The Balaban J connectivity index is 1.75. The zero-order valence-electron chi connectivity index (χ0n) is 21.9. The second-order valence-electron chi connectivity index (χ2n) is 10.0. The predicted octanol–water partition coefficient (Wildman–Crippen LogP) is 7.64. The lowest BCUT2D eigenvalue weighted by atomic mass is 9.93. The van der Waals surface area contributed by atoms with E-state index in [1.54, 1.807) is 6.08 Å². The Morgan fingerprint density at radius 2 is 1.82 bits per heavy atom. The van der Waals surface area contributed by atoms with Gasteiger partial charge in [-0.1, -0.05) is 87.2 Å². The normalized spacial score (nSPS) is 11.7. The molecule has 0 aliphatic heterocycles. The van der Waals surface area contributed by atoms with Gasteiger partial charge in [-0.2, -0.15) is 0 Å². The molecule has 1 heterocycles. The molecule has 0 radical (unpaired) electrons. The minimum Gasteiger partial charge on any atom is -0.494 e. The van der Waals surface area contributed by atoms with Crippen LogP contribution in [0.2, 0.25) is 0 Å². The molecule has 10 heteroatoms. The maximum absolute atomic E-state index is 13.1. The van der Waals surface area contributed by atoms with Gasteiger partial charge in [0.2, 0.25) is 0 Å². The first-order chi connectivity index (χ1) is 18.5. The molecule has 3 aromatic carbocycles. The molecular weight excluding hydrogens is 534 g/mol. The summed E-state index contributed by atoms with van der Waals surface area (Å²) in [5.41, 5.74) is 2.85. The fourth-order valence-corrected chi connectivity index (χ4v) is 6.02. The van der Waals surface area contributed by atoms with Crippen LogP contribution in [0.5, 0.6) is 5.75 Å². The molecule has 0 saturated carbocycles. The van der Waals surface area contributed by atoms with Gasteiger partial charge >= 0.3 is 0 Å². The van der Waals surface area contributed by atoms with Crippen molar-refractivity contribution in [2.45, 2.75) is 32.1 Å². The van der Waals surface area contributed by atoms with Crippen molar-refractivity contribution in [2.24, 2.45) is 5.41 Å². The molecule has 4 aromatic rings. The van der Waals surface area contributed by atoms with Crippen molar-refractivity contribution in [3.05, 3.63) is 95.1 Å². The average molecular weight is 564 g/mol. The lowest BCUT2D eigenvalue weighted by Crippen LogP contribution is -2.13. The predicted molar refractivity (Wildman–Crippen MR) is 157 cm³/mol. The Labute approximate surface area is 232 Å². The summed E-state index contributed by atoms with van der Waals surface area (Å²) in [5.74, 6) is 0.701. The van der Waals surface area contributed by atoms with E-state index in [9.17, 15) is 18.5 Å². The van der Waals surface area contributed by atoms with Gasteiger partial charge in [0.15, 0.2) is 5.13 Å². The fraction of sp³-hybridized carbons (Fsp3) is 0.207. The number of non-ortho nitro benzene ring substituents is 1. The number of anilines is 1. The van der Waals surface area contributed by atoms with E-state index < -0.39 is 14.9 Å². The highest BCUT2D eigenvalue weighted by Gasteiger charge is 2.23. The standard InChI is InChI=1S/C29H29N3O5S2/c1-5-20-10-6-7-15-25(20)26-27(21-11-8-13-23(18-21)37-17-16-29(2,3)4)38-28(30-26)31-39(35,36)24-14-9-12-22(19-24)32(33)34/h5-15,18-19H,1,16-17H2,2-4H3,(H,30,31). The number of nitro groups is 1. The number of aromatic nitrogens is 1. The SMILES string of the molecule is C=Cc1ccccc1-c1nc(NS(=O)(=O)c2cccc([N+](=O)[O-])c2)sc1-c1cccc(OCCC(C)(C)C)c1. The minimum atomic E-state index is -4.14. The molecule has 0 aliphatic rings. The molecule has 1 aromatic heterocycles. The summed E-state index contributed by atoms with van der Waals surface area (Å²) in [5, 5.41) is 11.3. The zero-order valence-corrected chi connectivity index (χ0v) is 23.5. The molecule has 0 saturated heterocycles. The molecule has 8 nitrogen and oxygen atoms in total. The summed E-state index contributed by atoms with van der Waals surface area (Å²) in [7, 11) is -4.14. The Morgan fingerprint density at radius 3 is 2.54 bits per heavy atom. The van der Waals surface area contributed by atoms with Gasteiger partial charge in [0, 0.05) is 17.7 Å². The Bertz CT molecular complexity index is 1620. The molecule has 0 spiro atoms. The van der Waals surface area contributed by atoms with Crippen LogP contribution in [0, 0.1) is 15.5 Å². The van der Waals surface area contributed by atoms with Crippen LogP contribution in [0.3, 0.4) is 0 Å². The van der Waals surface area contributed by atoms with Gasteiger partial charge in [-0.3, -0.25) is 14.8 Å². The zero-order chi connectivity index (χ0) is 28.2. The highest BCUT2D eigenvalue weighted by atomic mass is 32.2. The van der Waals surface area contributed by atoms with Crippen molar-refractivity contribution in [3.8, 4) is 27.4 Å². The number of nitro benzene ring substituents is 1. The first-order valence-corrected chi connectivity index (χ1v) is 14.5. The van der Waals surface area contributed by atoms with E-state index in [0.29, 0.717) is 18.1 Å². The highest BCUT2D eigenvalue weighted by molar-refractivity contribution is 7.93. The molecular formula is C29H29N3O5S2. The number of nitrogens with zero attached hydrogens (tertiary/aromatic N) is 2. The molecule has 0 fully saturated rings. The van der Waals surface area contributed by atoms with E-state index in [2.05, 4.69) is 37.1 Å². The van der Waals surface area contributed by atoms with Gasteiger partial charge in [-0.15, -0.1) is 0 Å². The van der Waals surface area contributed by atoms with Gasteiger partial charge in [-0.05, 0) is 41.2 Å². The molecule has 0 atom stereocenters. The van der Waals surface area contributed by atoms with Gasteiger partial charge in [0.05, 0.1) is 27.0 Å². The van der Waals surface area contributed by atoms with Gasteiger partial charge in [0.25, 0.3) is 15.7 Å². The maximum atomic E-state index is 13.1. The topological polar surface area (TPSA) is 111 Å². The summed E-state index contributed by atoms with van der Waals surface area (Å²) < 4.78 is 34.8. The second kappa shape index (κ2) is 11.4. The summed E-state index contributed by atoms with van der Waals surface area (Å²) in [6, 6.07) is 20.1. The van der Waals surface area contributed by atoms with E-state index in [4.69, 9.17) is 4.74 Å². The van der Waals surface area contributed by atoms with Crippen LogP contribution in [0.4, 0.5) is 10.8 Å². The van der Waals surface area contributed by atoms with Crippen molar-refractivity contribution in [2.75, 3.05) is 11.3 Å². The first kappa shape index (κ1) is 28.0. The van der Waals surface area contributed by atoms with Crippen molar-refractivity contribution < 1.29 is 18.1 Å². The van der Waals surface area contributed by atoms with Crippen LogP contribution < -0.4 is 9.46 Å². The van der Waals surface area contributed by atoms with E-state index in [0.717, 1.165) is 34.1 Å². The number of hydrogen-bond donors (Lipinski definition) is 1. The molecule has 1 N–H and O–H groups in total. The van der Waals surface area contributed by atoms with E-state index in [1.807, 2.05) is 48.5 Å². The average Bonchev–Trinajstić information content (AvgIpc) is 3.31. The van der Waals surface area contributed by atoms with Crippen LogP contribution in [-0.2, 0) is 10.0 Å². The number of hydrogen-bond acceptors (Lipinski definition) is 7. The lowest BCUT2D eigenvalue weighted by Gasteiger charge is -2.18. The Morgan fingerprint density at radius 1 is 1.08 bits per heavy atom. The minimum absolute atomic E-state index is 0.129. The van der Waals surface area contributed by atoms with E-state index >= 15 is 0 Å². The maximum Gasteiger partial charge on any atom is 0.270 e. The van der Waals surface area contributed by atoms with Crippen molar-refractivity contribution in [3.63, 3.8) is 0 Å². The van der Waals surface area contributed by atoms with Crippen molar-refractivity contribution >= 4 is 38.3 Å². The molecule has 0 unspecified atom stereocenters. The molecule has 0 bridgehead atoms. The van der Waals surface area contributed by atoms with Crippen molar-refractivity contribution in [1.29, 1.82) is 0 Å². The van der Waals surface area contributed by atoms with Crippen LogP contribution in [0.1, 0.15) is 32.8 Å². The number of sulfonamides is 1. The van der Waals surface area contributed by atoms with Crippen LogP contribution in [0.15, 0.2) is 84.3 Å². The summed E-state index contributed by atoms with van der Waals surface area (Å²) in [4.78, 5) is 15.7. The van der Waals surface area contributed by atoms with Crippen LogP contribution in [-0.4, -0.2) is 24.9 Å². The number of nitrogens with one attached hydrogen (secondary N) is 1. The summed E-state index contributed by atoms with van der Waals surface area (Å²) in [6.45, 7) is 10.9. The smallest absolute Gasteiger partial charge is 0.270 e. The third-order valence-corrected chi connectivity index (χ3v) is 8.33. The number of benzene rings is 3. The monoisotopic (exact) mass is 563 g/mol. The third kappa shape index (κ3) is 6.90. The second-order valence-corrected chi connectivity index (χ2v) is 12.7. The highest BCUT2D eigenvalue weighted by Crippen LogP contribution is 2.42. The molecule has 4 rings (SSSR count). The van der Waals surface area contributed by atoms with Gasteiger partial charge in [0.1, 0.15) is 5.75 Å². The Kier molecular flexibility index (Phi) is 8.17.